The summed E-state index contributed by atoms with van der Waals surface area (Å²) in [6.45, 7) is 81.2. The molecule has 0 aliphatic rings. The Bertz CT molecular complexity index is 1310. The van der Waals surface area contributed by atoms with E-state index in [0.29, 0.717) is 37.4 Å². The molecule has 0 N–H and O–H groups in total. The second-order valence-corrected chi connectivity index (χ2v) is 56.4. The van der Waals surface area contributed by atoms with E-state index >= 15 is 0 Å². The van der Waals surface area contributed by atoms with Gasteiger partial charge in [0.25, 0.3) is 0 Å². The smallest absolute Gasteiger partial charge is 1.00 e. The molecule has 0 radical (unpaired) electrons. The fraction of sp³-hybridized carbons (Fsp3) is 0.928. The number of hydrogen-bond acceptors (Lipinski definition) is 10. The van der Waals surface area contributed by atoms with E-state index in [-0.39, 0.29) is 196 Å². The monoisotopic (exact) mass is 3230 g/mol. The Labute approximate surface area is 838 Å². The minimum atomic E-state index is -0.250. The first-order valence-electron chi connectivity index (χ1n) is 37.4. The zero-order chi connectivity index (χ0) is 87.2. The number of hydrogen-bond donors (Lipinski definition) is 0. The molecule has 0 rings (SSSR count). The third kappa shape index (κ3) is 193. The fourth-order valence-electron chi connectivity index (χ4n) is 6.92. The van der Waals surface area contributed by atoms with Crippen molar-refractivity contribution in [1.29, 1.82) is 2.04 Å². The summed E-state index contributed by atoms with van der Waals surface area (Å²) in [5, 5.41) is 0. The molecule has 0 heterocycles. The van der Waals surface area contributed by atoms with E-state index < -0.39 is 0 Å². The van der Waals surface area contributed by atoms with Gasteiger partial charge in [-0.3, -0.25) is 0 Å². The number of rotatable bonds is 19. The molecule has 0 aromatic carbocycles. The topological polar surface area (TPSA) is 16.2 Å². The second-order valence-electron chi connectivity index (χ2n) is 23.6. The van der Waals surface area contributed by atoms with Crippen molar-refractivity contribution in [3.8, 4) is 0 Å². The molecule has 664 valence electrons. The maximum absolute atomic E-state index is 5.88. The van der Waals surface area contributed by atoms with Crippen molar-refractivity contribution in [3.63, 3.8) is 0 Å². The fourth-order valence-corrected chi connectivity index (χ4v) is 19.9. The molecule has 0 amide bonds. The van der Waals surface area contributed by atoms with Crippen molar-refractivity contribution < 1.29 is 187 Å². The Hall–Kier alpha value is 9.91. The average Bonchev–Trinajstić information content (AvgIpc) is 0.922. The van der Waals surface area contributed by atoms with Crippen molar-refractivity contribution >= 4 is 209 Å². The van der Waals surface area contributed by atoms with Crippen LogP contribution in [0.2, 0.25) is 0 Å². The zero-order valence-electron chi connectivity index (χ0n) is 78.9. The summed E-state index contributed by atoms with van der Waals surface area (Å²) >= 11 is 51.0. The van der Waals surface area contributed by atoms with Gasteiger partial charge in [0.05, 0.1) is 53.9 Å². The van der Waals surface area contributed by atoms with Crippen LogP contribution in [0.25, 0.3) is 0 Å². The van der Waals surface area contributed by atoms with Gasteiger partial charge in [0.1, 0.15) is 0 Å². The first-order chi connectivity index (χ1) is 46.8. The molecule has 5 nitrogen and oxygen atoms in total. The van der Waals surface area contributed by atoms with E-state index in [1.807, 2.05) is 79.8 Å². The van der Waals surface area contributed by atoms with Crippen LogP contribution in [0.1, 0.15) is 218 Å². The number of nitrogens with zero attached hydrogens (tertiary/aromatic N) is 5. The van der Waals surface area contributed by atoms with Crippen LogP contribution in [0.3, 0.4) is 0 Å². The van der Waals surface area contributed by atoms with E-state index in [2.05, 4.69) is 280 Å². The van der Waals surface area contributed by atoms with Gasteiger partial charge in [-0.25, -0.2) is 0 Å². The molecule has 0 unspecified atom stereocenters. The molecule has 100 heavy (non-hydrogen) atoms. The second kappa shape index (κ2) is 141. The predicted octanol–water partition coefficient (Wildman–Crippen LogP) is 23.5. The molecule has 31 heteroatoms. The van der Waals surface area contributed by atoms with Crippen LogP contribution < -0.4 is 0 Å². The largest absolute Gasteiger partial charge is 1.00 e. The third-order valence-corrected chi connectivity index (χ3v) is 30.8. The summed E-state index contributed by atoms with van der Waals surface area (Å²) < 4.78 is 55.0. The van der Waals surface area contributed by atoms with Crippen molar-refractivity contribution in [2.24, 2.45) is 0 Å². The first-order valence-corrected chi connectivity index (χ1v) is 54.5. The Morgan fingerprint density at radius 3 is 0.510 bits per heavy atom. The minimum Gasteiger partial charge on any atom is 1.00 e. The van der Waals surface area contributed by atoms with E-state index in [4.69, 9.17) is 60.0 Å². The molecule has 0 fully saturated rings. The Kier molecular flexibility index (Phi) is 213. The van der Waals surface area contributed by atoms with Gasteiger partial charge >= 0.3 is 181 Å². The third-order valence-electron chi connectivity index (χ3n) is 11.3. The number of thiocarbonyl (C=S) groups is 5. The maximum Gasteiger partial charge on any atom is 1.00 e. The van der Waals surface area contributed by atoms with E-state index in [1.54, 1.807) is 14.7 Å². The van der Waals surface area contributed by atoms with E-state index in [1.165, 1.54) is 122 Å². The SMILES string of the molecule is C.C.CC(C)P(C(C)C)C(C)C.CC(C)[PH+](C(C)C)C(C)C.CCN(CC)C(=S)[S-].CCN(CC)C(=S)[S-].CCP(CC)CC.CC[PH+](CC)CC.CC[PH+](CC)CC.CN(C)C(=S)[S-].CN(C)C(=S)[S-].CN(C)C(=S)[S-].CP(C)C.C[PH+](C)C.C[PH+](C)C.[2H]C[3H].[2H]C[3H].[2H]C[3H].[2H][Au].[2H][Au].[2H][Au].[Au+].[Au+].[Au+].[Au+].[Au+]. The van der Waals surface area contributed by atoms with Gasteiger partial charge in [0.2, 0.25) is 0 Å². The Morgan fingerprint density at radius 1 is 0.390 bits per heavy atom. The molecular weight excluding hydrogens is 3040 g/mol. The van der Waals surface area contributed by atoms with Crippen LogP contribution >= 0.6 is 124 Å². The van der Waals surface area contributed by atoms with Gasteiger partial charge in [-0.05, 0) is 198 Å². The van der Waals surface area contributed by atoms with Crippen molar-refractivity contribution in [2.45, 2.75) is 244 Å². The molecule has 0 aliphatic heterocycles. The zero-order valence-corrected chi connectivity index (χ0v) is 103. The Balaban J connectivity index is -0.0000000281. The molecular formula is C69H180Au8N5P8S10+5. The molecule has 0 aromatic rings. The van der Waals surface area contributed by atoms with Crippen LogP contribution in [0, 0.1) is 0 Å². The van der Waals surface area contributed by atoms with E-state index in [9.17, 15) is 0 Å². The minimum absolute atomic E-state index is 0. The van der Waals surface area contributed by atoms with Crippen LogP contribution in [0.5, 0.6) is 0 Å². The molecule has 0 bridgehead atoms. The Morgan fingerprint density at radius 2 is 0.510 bits per heavy atom. The van der Waals surface area contributed by atoms with Gasteiger partial charge in [-0.15, -0.1) is 15.8 Å². The predicted molar refractivity (Wildman–Crippen MR) is 526 cm³/mol. The van der Waals surface area contributed by atoms with Crippen molar-refractivity contribution in [2.75, 3.05) is 184 Å². The quantitative estimate of drug-likeness (QED) is 0.0528. The normalized spacial score (nSPS) is 9.38. The summed E-state index contributed by atoms with van der Waals surface area (Å²) in [7, 11) is 11.7. The van der Waals surface area contributed by atoms with Gasteiger partial charge in [0.15, 0.2) is 0 Å². The summed E-state index contributed by atoms with van der Waals surface area (Å²) in [5.41, 5.74) is 5.50. The van der Waals surface area contributed by atoms with Gasteiger partial charge < -0.3 is 149 Å². The van der Waals surface area contributed by atoms with Crippen molar-refractivity contribution in [3.05, 3.63) is 0 Å². The molecule has 0 atom stereocenters. The van der Waals surface area contributed by atoms with Crippen LogP contribution in [0.4, 0.5) is 0 Å². The van der Waals surface area contributed by atoms with Crippen LogP contribution in [0.15, 0.2) is 0 Å². The average molecular weight is 3240 g/mol. The van der Waals surface area contributed by atoms with Gasteiger partial charge in [0, 0.05) is 125 Å². The van der Waals surface area contributed by atoms with Gasteiger partial charge in [-0.2, -0.15) is 0 Å². The molecule has 0 saturated carbocycles. The van der Waals surface area contributed by atoms with Crippen LogP contribution in [-0.2, 0) is 242 Å². The summed E-state index contributed by atoms with van der Waals surface area (Å²) in [6.07, 6.45) is 13.0. The van der Waals surface area contributed by atoms with Gasteiger partial charge in [-0.1, -0.05) is 129 Å². The molecule has 0 saturated heterocycles. The molecule has 0 spiro atoms. The summed E-state index contributed by atoms with van der Waals surface area (Å²) in [4.78, 5) is 9.06. The molecule has 0 aliphatic carbocycles. The van der Waals surface area contributed by atoms with Crippen molar-refractivity contribution in [1.82, 2.24) is 24.5 Å². The van der Waals surface area contributed by atoms with E-state index in [0.717, 1.165) is 60.1 Å². The standard InChI is InChI=1S/2C9H21P.3C6H15P.2C5H11NS2.3C3H7NS2.3C3H9P.5CH4.8Au.3H/c2*1-7(2)10(8(3)4)9(5)6;3*1-4-7(5-2)6-3;2*1-3-6(4-2)5(7)8;3*1-4(2)3(5)6;3*1-4(2)3;;;;;;;;;;;;;;;;/h2*7-9H,1-6H3;3*4-6H2,1-3H3;2*3-4H2,1-2H3,(H,7,8);3*1-2H3,(H,5,6);3*1-3H3;5*1H4;;;;;;;;;;;/q;;;;;;;;;;;;;;;;;;;;;5*+1;;;/i;;;;;;;;;;;;;3*1TD;;;;;;;;;;;3*1+1. The first kappa shape index (κ1) is 151. The van der Waals surface area contributed by atoms with Crippen LogP contribution in [-0.4, -0.2) is 266 Å². The summed E-state index contributed by atoms with van der Waals surface area (Å²) in [6, 6.07) is 0. The maximum atomic E-state index is 5.88. The summed E-state index contributed by atoms with van der Waals surface area (Å²) in [5.74, 6) is 0. The molecule has 0 aromatic heterocycles.